The molecule has 0 radical (unpaired) electrons. The van der Waals surface area contributed by atoms with Crippen molar-refractivity contribution in [2.24, 2.45) is 0 Å². The van der Waals surface area contributed by atoms with Gasteiger partial charge in [-0.25, -0.2) is 4.79 Å². The number of nitrogens with one attached hydrogen (secondary N) is 2. The number of rotatable bonds is 4. The highest BCUT2D eigenvalue weighted by molar-refractivity contribution is 5.91. The Morgan fingerprint density at radius 3 is 2.11 bits per heavy atom. The Bertz CT molecular complexity index is 484. The molecule has 5 nitrogen and oxygen atoms in total. The molecule has 0 saturated carbocycles. The van der Waals surface area contributed by atoms with Gasteiger partial charge >= 0.3 is 12.0 Å². The highest BCUT2D eigenvalue weighted by Gasteiger charge is 2.11. The maximum Gasteiger partial charge on any atom is 0.319 e. The second-order valence-electron chi connectivity index (χ2n) is 4.66. The Hall–Kier alpha value is -2.04. The summed E-state index contributed by atoms with van der Waals surface area (Å²) in [6.45, 7) is 8.01. The summed E-state index contributed by atoms with van der Waals surface area (Å²) in [5.74, 6) is -0.931. The van der Waals surface area contributed by atoms with Crippen LogP contribution in [0.2, 0.25) is 0 Å². The van der Waals surface area contributed by atoms with Gasteiger partial charge in [-0.15, -0.1) is 0 Å². The number of anilines is 1. The predicted octanol–water partition coefficient (Wildman–Crippen LogP) is 2.52. The molecule has 0 fully saturated rings. The Kier molecular flexibility index (Phi) is 4.92. The molecule has 0 aliphatic heterocycles. The van der Waals surface area contributed by atoms with Crippen molar-refractivity contribution in [1.29, 1.82) is 0 Å². The summed E-state index contributed by atoms with van der Waals surface area (Å²) in [6.07, 6.45) is -0.0851. The highest BCUT2D eigenvalue weighted by atomic mass is 16.4. The lowest BCUT2D eigenvalue weighted by atomic mass is 9.99. The average molecular weight is 264 g/mol. The molecule has 1 rings (SSSR count). The van der Waals surface area contributed by atoms with E-state index in [1.54, 1.807) is 0 Å². The van der Waals surface area contributed by atoms with E-state index < -0.39 is 5.97 Å². The van der Waals surface area contributed by atoms with Gasteiger partial charge in [0.05, 0.1) is 6.42 Å². The van der Waals surface area contributed by atoms with Crippen molar-refractivity contribution in [3.8, 4) is 0 Å². The zero-order chi connectivity index (χ0) is 14.6. The van der Waals surface area contributed by atoms with Crippen molar-refractivity contribution in [3.63, 3.8) is 0 Å². The fourth-order valence-corrected chi connectivity index (χ4v) is 1.85. The first-order valence-corrected chi connectivity index (χ1v) is 6.17. The van der Waals surface area contributed by atoms with E-state index in [-0.39, 0.29) is 19.0 Å². The van der Waals surface area contributed by atoms with E-state index >= 15 is 0 Å². The number of carboxylic acid groups (broad SMARTS) is 1. The number of hydrogen-bond acceptors (Lipinski definition) is 2. The average Bonchev–Trinajstić information content (AvgIpc) is 2.32. The second-order valence-corrected chi connectivity index (χ2v) is 4.66. The molecule has 19 heavy (non-hydrogen) atoms. The quantitative estimate of drug-likeness (QED) is 0.782. The monoisotopic (exact) mass is 264 g/mol. The molecule has 0 aromatic heterocycles. The molecule has 0 bridgehead atoms. The maximum atomic E-state index is 11.7. The van der Waals surface area contributed by atoms with Crippen molar-refractivity contribution < 1.29 is 14.7 Å². The van der Waals surface area contributed by atoms with Crippen LogP contribution in [0.3, 0.4) is 0 Å². The van der Waals surface area contributed by atoms with E-state index in [0.29, 0.717) is 0 Å². The third-order valence-corrected chi connectivity index (χ3v) is 3.23. The molecule has 0 spiro atoms. The number of aryl methyl sites for hydroxylation is 2. The molecule has 0 heterocycles. The number of carboxylic acids is 1. The SMILES string of the molecule is Cc1cc(C)c(C)c(NC(=O)NCCC(=O)O)c1C. The van der Waals surface area contributed by atoms with Gasteiger partial charge in [0.15, 0.2) is 0 Å². The van der Waals surface area contributed by atoms with Crippen LogP contribution in [-0.4, -0.2) is 23.7 Å². The number of aliphatic carboxylic acids is 1. The topological polar surface area (TPSA) is 78.4 Å². The minimum Gasteiger partial charge on any atom is -0.481 e. The van der Waals surface area contributed by atoms with Crippen molar-refractivity contribution >= 4 is 17.7 Å². The Morgan fingerprint density at radius 2 is 1.63 bits per heavy atom. The number of carbonyl (C=O) groups is 2. The van der Waals surface area contributed by atoms with Crippen LogP contribution in [0.5, 0.6) is 0 Å². The minimum absolute atomic E-state index is 0.0851. The lowest BCUT2D eigenvalue weighted by Crippen LogP contribution is -2.31. The minimum atomic E-state index is -0.931. The molecule has 3 N–H and O–H groups in total. The van der Waals surface area contributed by atoms with E-state index in [1.165, 1.54) is 0 Å². The summed E-state index contributed by atoms with van der Waals surface area (Å²) in [6, 6.07) is 1.70. The first kappa shape index (κ1) is 15.0. The number of urea groups is 1. The van der Waals surface area contributed by atoms with E-state index in [4.69, 9.17) is 5.11 Å². The van der Waals surface area contributed by atoms with Gasteiger partial charge in [0, 0.05) is 12.2 Å². The molecule has 5 heteroatoms. The van der Waals surface area contributed by atoms with E-state index in [9.17, 15) is 9.59 Å². The molecular weight excluding hydrogens is 244 g/mol. The maximum absolute atomic E-state index is 11.7. The van der Waals surface area contributed by atoms with E-state index in [0.717, 1.165) is 27.9 Å². The first-order valence-electron chi connectivity index (χ1n) is 6.17. The molecule has 104 valence electrons. The Labute approximate surface area is 113 Å². The van der Waals surface area contributed by atoms with Crippen LogP contribution in [-0.2, 0) is 4.79 Å². The van der Waals surface area contributed by atoms with Gasteiger partial charge in [0.1, 0.15) is 0 Å². The predicted molar refractivity (Wildman–Crippen MR) is 74.7 cm³/mol. The highest BCUT2D eigenvalue weighted by Crippen LogP contribution is 2.26. The largest absolute Gasteiger partial charge is 0.481 e. The summed E-state index contributed by atoms with van der Waals surface area (Å²) in [7, 11) is 0. The molecular formula is C14H20N2O3. The van der Waals surface area contributed by atoms with E-state index in [1.807, 2.05) is 27.7 Å². The lowest BCUT2D eigenvalue weighted by molar-refractivity contribution is -0.136. The van der Waals surface area contributed by atoms with Gasteiger partial charge in [-0.3, -0.25) is 4.79 Å². The van der Waals surface area contributed by atoms with Gasteiger partial charge in [0.25, 0.3) is 0 Å². The van der Waals surface area contributed by atoms with Gasteiger partial charge in [-0.2, -0.15) is 0 Å². The van der Waals surface area contributed by atoms with Crippen molar-refractivity contribution in [2.75, 3.05) is 11.9 Å². The van der Waals surface area contributed by atoms with Gasteiger partial charge in [0.2, 0.25) is 0 Å². The fraction of sp³-hybridized carbons (Fsp3) is 0.429. The van der Waals surface area contributed by atoms with Crippen LogP contribution in [0, 0.1) is 27.7 Å². The zero-order valence-corrected chi connectivity index (χ0v) is 11.8. The number of benzene rings is 1. The summed E-state index contributed by atoms with van der Waals surface area (Å²) in [4.78, 5) is 22.1. The lowest BCUT2D eigenvalue weighted by Gasteiger charge is -2.16. The number of hydrogen-bond donors (Lipinski definition) is 3. The molecule has 1 aromatic rings. The van der Waals surface area contributed by atoms with Crippen LogP contribution >= 0.6 is 0 Å². The van der Waals surface area contributed by atoms with Crippen LogP contribution in [0.1, 0.15) is 28.7 Å². The third kappa shape index (κ3) is 3.98. The van der Waals surface area contributed by atoms with Crippen molar-refractivity contribution in [3.05, 3.63) is 28.3 Å². The van der Waals surface area contributed by atoms with Crippen LogP contribution in [0.25, 0.3) is 0 Å². The molecule has 1 aromatic carbocycles. The first-order chi connectivity index (χ1) is 8.82. The normalized spacial score (nSPS) is 10.1. The van der Waals surface area contributed by atoms with Gasteiger partial charge in [-0.1, -0.05) is 6.07 Å². The summed E-state index contributed by atoms with van der Waals surface area (Å²) in [5.41, 5.74) is 5.08. The van der Waals surface area contributed by atoms with Crippen LogP contribution in [0.4, 0.5) is 10.5 Å². The molecule has 0 aliphatic rings. The summed E-state index contributed by atoms with van der Waals surface area (Å²) < 4.78 is 0. The van der Waals surface area contributed by atoms with E-state index in [2.05, 4.69) is 16.7 Å². The van der Waals surface area contributed by atoms with Gasteiger partial charge in [-0.05, 0) is 49.9 Å². The Morgan fingerprint density at radius 1 is 1.11 bits per heavy atom. The molecule has 0 saturated heterocycles. The summed E-state index contributed by atoms with van der Waals surface area (Å²) >= 11 is 0. The van der Waals surface area contributed by atoms with Crippen LogP contribution < -0.4 is 10.6 Å². The smallest absolute Gasteiger partial charge is 0.319 e. The number of carbonyl (C=O) groups excluding carboxylic acids is 1. The van der Waals surface area contributed by atoms with Crippen molar-refractivity contribution in [1.82, 2.24) is 5.32 Å². The summed E-state index contributed by atoms with van der Waals surface area (Å²) in [5, 5.41) is 13.8. The Balaban J connectivity index is 2.77. The van der Waals surface area contributed by atoms with Gasteiger partial charge < -0.3 is 15.7 Å². The second kappa shape index (κ2) is 6.22. The fourth-order valence-electron chi connectivity index (χ4n) is 1.85. The van der Waals surface area contributed by atoms with Crippen molar-refractivity contribution in [2.45, 2.75) is 34.1 Å². The zero-order valence-electron chi connectivity index (χ0n) is 11.8. The van der Waals surface area contributed by atoms with Crippen LogP contribution in [0.15, 0.2) is 6.07 Å². The number of amides is 2. The standard InChI is InChI=1S/C14H20N2O3/c1-8-7-9(2)11(4)13(10(8)3)16-14(19)15-6-5-12(17)18/h7H,5-6H2,1-4H3,(H,17,18)(H2,15,16,19). The third-order valence-electron chi connectivity index (χ3n) is 3.23. The molecule has 2 amide bonds. The molecule has 0 atom stereocenters. The molecule has 0 aliphatic carbocycles. The molecule has 0 unspecified atom stereocenters.